The van der Waals surface area contributed by atoms with Crippen LogP contribution in [0.4, 0.5) is 22.0 Å². The minimum absolute atomic E-state index is 0.630. The summed E-state index contributed by atoms with van der Waals surface area (Å²) in [5.74, 6) is -7.97. The molecule has 0 heterocycles. The lowest BCUT2D eigenvalue weighted by Gasteiger charge is -2.20. The molecule has 0 aliphatic rings. The number of Topliss-reactive ketones (excluding diaryl/α,β-unsaturated/α-hetero) is 1. The first-order valence-corrected chi connectivity index (χ1v) is 3.31. The van der Waals surface area contributed by atoms with Crippen molar-refractivity contribution < 1.29 is 31.9 Å². The third-order valence-corrected chi connectivity index (χ3v) is 1.37. The van der Waals surface area contributed by atoms with Crippen LogP contribution in [0.1, 0.15) is 13.3 Å². The Hall–Kier alpha value is -0.720. The first-order chi connectivity index (χ1) is 5.64. The van der Waals surface area contributed by atoms with Crippen molar-refractivity contribution in [1.82, 2.24) is 0 Å². The van der Waals surface area contributed by atoms with Gasteiger partial charge in [0.2, 0.25) is 0 Å². The number of hydrogen-bond donors (Lipinski definition) is 1. The van der Waals surface area contributed by atoms with Gasteiger partial charge in [0, 0.05) is 0 Å². The van der Waals surface area contributed by atoms with E-state index in [1.807, 2.05) is 0 Å². The molecule has 0 bridgehead atoms. The number of aliphatic hydroxyl groups is 1. The lowest BCUT2D eigenvalue weighted by atomic mass is 10.1. The second-order valence-electron chi connectivity index (χ2n) is 2.37. The molecule has 0 aromatic heterocycles. The molecule has 0 aromatic rings. The molecule has 0 saturated carbocycles. The lowest BCUT2D eigenvalue weighted by molar-refractivity contribution is -0.208. The third kappa shape index (κ3) is 2.61. The number of rotatable bonds is 3. The molecule has 78 valence electrons. The van der Waals surface area contributed by atoms with Gasteiger partial charge in [0.1, 0.15) is 6.10 Å². The monoisotopic (exact) mass is 206 g/mol. The molecule has 1 atom stereocenters. The van der Waals surface area contributed by atoms with Crippen molar-refractivity contribution in [3.63, 3.8) is 0 Å². The van der Waals surface area contributed by atoms with Gasteiger partial charge in [-0.3, -0.25) is 4.79 Å². The molecule has 0 saturated heterocycles. The maximum atomic E-state index is 12.4. The maximum absolute atomic E-state index is 12.4. The van der Waals surface area contributed by atoms with Gasteiger partial charge in [-0.05, 0) is 6.42 Å². The van der Waals surface area contributed by atoms with Crippen LogP contribution < -0.4 is 0 Å². The highest BCUT2D eigenvalue weighted by Crippen LogP contribution is 2.31. The van der Waals surface area contributed by atoms with Crippen LogP contribution in [0, 0.1) is 0 Å². The van der Waals surface area contributed by atoms with Crippen LogP contribution >= 0.6 is 0 Å². The summed E-state index contributed by atoms with van der Waals surface area (Å²) in [5.41, 5.74) is 0. The fraction of sp³-hybridized carbons (Fsp3) is 0.833. The van der Waals surface area contributed by atoms with Crippen LogP contribution in [-0.2, 0) is 4.79 Å². The summed E-state index contributed by atoms with van der Waals surface area (Å²) in [6, 6.07) is 0. The number of carbonyl (C=O) groups excluding carboxylic acids is 1. The fourth-order valence-corrected chi connectivity index (χ4v) is 0.597. The van der Waals surface area contributed by atoms with Crippen molar-refractivity contribution in [3.8, 4) is 0 Å². The molecule has 13 heavy (non-hydrogen) atoms. The average Bonchev–Trinajstić information content (AvgIpc) is 1.99. The van der Waals surface area contributed by atoms with Gasteiger partial charge in [-0.15, -0.1) is 0 Å². The van der Waals surface area contributed by atoms with Crippen molar-refractivity contribution in [2.45, 2.75) is 31.5 Å². The Morgan fingerprint density at radius 2 is 1.69 bits per heavy atom. The number of aliphatic hydroxyl groups excluding tert-OH is 1. The van der Waals surface area contributed by atoms with Gasteiger partial charge in [-0.25, -0.2) is 0 Å². The molecule has 0 spiro atoms. The molecule has 0 aliphatic carbocycles. The Bertz CT molecular complexity index is 198. The van der Waals surface area contributed by atoms with E-state index in [1.54, 1.807) is 0 Å². The second kappa shape index (κ2) is 3.57. The van der Waals surface area contributed by atoms with E-state index in [1.165, 1.54) is 0 Å². The van der Waals surface area contributed by atoms with Crippen molar-refractivity contribution in [2.24, 2.45) is 0 Å². The van der Waals surface area contributed by atoms with Gasteiger partial charge < -0.3 is 5.11 Å². The van der Waals surface area contributed by atoms with Crippen molar-refractivity contribution in [1.29, 1.82) is 0 Å². The van der Waals surface area contributed by atoms with E-state index in [2.05, 4.69) is 0 Å². The molecule has 0 amide bonds. The Balaban J connectivity index is 4.74. The largest absolute Gasteiger partial charge is 0.456 e. The fourth-order valence-electron chi connectivity index (χ4n) is 0.597. The Morgan fingerprint density at radius 1 is 1.31 bits per heavy atom. The molecule has 1 unspecified atom stereocenters. The molecule has 0 rings (SSSR count). The quantitative estimate of drug-likeness (QED) is 0.711. The van der Waals surface area contributed by atoms with E-state index in [-0.39, 0.29) is 0 Å². The van der Waals surface area contributed by atoms with Gasteiger partial charge in [0.25, 0.3) is 0 Å². The number of hydrogen-bond acceptors (Lipinski definition) is 2. The second-order valence-corrected chi connectivity index (χ2v) is 2.37. The van der Waals surface area contributed by atoms with Crippen LogP contribution in [-0.4, -0.2) is 29.1 Å². The highest BCUT2D eigenvalue weighted by atomic mass is 19.4. The van der Waals surface area contributed by atoms with Crippen LogP contribution in [0.3, 0.4) is 0 Å². The zero-order chi connectivity index (χ0) is 10.9. The van der Waals surface area contributed by atoms with E-state index in [9.17, 15) is 26.7 Å². The number of alkyl halides is 5. The summed E-state index contributed by atoms with van der Waals surface area (Å²) in [7, 11) is 0. The van der Waals surface area contributed by atoms with Crippen molar-refractivity contribution in [3.05, 3.63) is 0 Å². The molecule has 7 heteroatoms. The van der Waals surface area contributed by atoms with Gasteiger partial charge in [0.05, 0.1) is 0 Å². The summed E-state index contributed by atoms with van der Waals surface area (Å²) in [6.07, 6.45) is -8.85. The summed E-state index contributed by atoms with van der Waals surface area (Å²) in [5, 5.41) is 8.45. The Morgan fingerprint density at radius 3 is 1.92 bits per heavy atom. The normalized spacial score (nSPS) is 15.6. The first-order valence-electron chi connectivity index (χ1n) is 3.31. The molecule has 0 aromatic carbocycles. The van der Waals surface area contributed by atoms with E-state index in [4.69, 9.17) is 5.11 Å². The average molecular weight is 206 g/mol. The van der Waals surface area contributed by atoms with E-state index in [0.29, 0.717) is 0 Å². The topological polar surface area (TPSA) is 37.3 Å². The predicted molar refractivity (Wildman–Crippen MR) is 32.3 cm³/mol. The van der Waals surface area contributed by atoms with Gasteiger partial charge in [-0.1, -0.05) is 6.92 Å². The predicted octanol–water partition coefficient (Wildman–Crippen LogP) is 1.52. The van der Waals surface area contributed by atoms with Gasteiger partial charge in [-0.2, -0.15) is 22.0 Å². The summed E-state index contributed by atoms with van der Waals surface area (Å²) in [6.45, 7) is 1.04. The number of carbonyl (C=O) groups is 1. The van der Waals surface area contributed by atoms with E-state index >= 15 is 0 Å². The maximum Gasteiger partial charge on any atom is 0.456 e. The first kappa shape index (κ1) is 12.3. The lowest BCUT2D eigenvalue weighted by Crippen LogP contribution is -2.48. The Kier molecular flexibility index (Phi) is 3.37. The SMILES string of the molecule is CCC(O)C(F)(F)C(=O)C(F)(F)F. The summed E-state index contributed by atoms with van der Waals surface area (Å²) in [4.78, 5) is 10.1. The van der Waals surface area contributed by atoms with E-state index in [0.717, 1.165) is 6.92 Å². The standard InChI is InChI=1S/C6H7F5O2/c1-2-3(12)5(7,8)4(13)6(9,10)11/h3,12H,2H2,1H3. The van der Waals surface area contributed by atoms with Crippen molar-refractivity contribution >= 4 is 5.78 Å². The zero-order valence-corrected chi connectivity index (χ0v) is 6.53. The summed E-state index contributed by atoms with van der Waals surface area (Å²) >= 11 is 0. The van der Waals surface area contributed by atoms with Crippen LogP contribution in [0.5, 0.6) is 0 Å². The Labute approximate surface area is 70.3 Å². The summed E-state index contributed by atoms with van der Waals surface area (Å²) < 4.78 is 59.3. The van der Waals surface area contributed by atoms with Gasteiger partial charge >= 0.3 is 17.9 Å². The van der Waals surface area contributed by atoms with Crippen LogP contribution in [0.15, 0.2) is 0 Å². The molecule has 0 radical (unpaired) electrons. The smallest absolute Gasteiger partial charge is 0.386 e. The zero-order valence-electron chi connectivity index (χ0n) is 6.53. The molecular weight excluding hydrogens is 199 g/mol. The molecular formula is C6H7F5O2. The van der Waals surface area contributed by atoms with E-state index < -0.39 is 30.4 Å². The molecule has 1 N–H and O–H groups in total. The van der Waals surface area contributed by atoms with Crippen LogP contribution in [0.25, 0.3) is 0 Å². The van der Waals surface area contributed by atoms with Gasteiger partial charge in [0.15, 0.2) is 0 Å². The number of ketones is 1. The van der Waals surface area contributed by atoms with Crippen LogP contribution in [0.2, 0.25) is 0 Å². The molecule has 0 fully saturated rings. The minimum atomic E-state index is -5.63. The van der Waals surface area contributed by atoms with Crippen molar-refractivity contribution in [2.75, 3.05) is 0 Å². The molecule has 2 nitrogen and oxygen atoms in total. The third-order valence-electron chi connectivity index (χ3n) is 1.37. The highest BCUT2D eigenvalue weighted by molar-refractivity contribution is 5.91. The minimum Gasteiger partial charge on any atom is -0.386 e. The number of halogens is 5. The molecule has 0 aliphatic heterocycles. The highest BCUT2D eigenvalue weighted by Gasteiger charge is 2.58.